The third-order valence-electron chi connectivity index (χ3n) is 4.39. The molecule has 0 aromatic rings. The van der Waals surface area contributed by atoms with E-state index in [1.807, 2.05) is 18.7 Å². The van der Waals surface area contributed by atoms with Crippen molar-refractivity contribution in [2.75, 3.05) is 24.7 Å². The van der Waals surface area contributed by atoms with Crippen LogP contribution < -0.4 is 5.73 Å². The maximum Gasteiger partial charge on any atom is 0.246 e. The smallest absolute Gasteiger partial charge is 0.246 e. The summed E-state index contributed by atoms with van der Waals surface area (Å²) in [6.07, 6.45) is 2.42. The van der Waals surface area contributed by atoms with Gasteiger partial charge >= 0.3 is 0 Å². The maximum absolute atomic E-state index is 12.6. The van der Waals surface area contributed by atoms with Crippen LogP contribution in [-0.4, -0.2) is 58.4 Å². The van der Waals surface area contributed by atoms with Crippen LogP contribution in [0.4, 0.5) is 0 Å². The van der Waals surface area contributed by atoms with Gasteiger partial charge in [-0.2, -0.15) is 0 Å². The van der Waals surface area contributed by atoms with Gasteiger partial charge in [-0.15, -0.1) is 24.2 Å². The topological polar surface area (TPSA) is 66.6 Å². The molecule has 2 N–H and O–H groups in total. The van der Waals surface area contributed by atoms with Crippen LogP contribution in [0.1, 0.15) is 33.1 Å². The molecular weight excluding hydrogens is 310 g/mol. The van der Waals surface area contributed by atoms with E-state index in [0.29, 0.717) is 18.2 Å². The number of carbonyl (C=O) groups excluding carboxylic acids is 2. The van der Waals surface area contributed by atoms with Crippen molar-refractivity contribution in [2.24, 2.45) is 11.7 Å². The number of amides is 2. The van der Waals surface area contributed by atoms with Gasteiger partial charge < -0.3 is 15.5 Å². The fraction of sp³-hybridized carbons (Fsp3) is 0.857. The molecule has 7 heteroatoms. The van der Waals surface area contributed by atoms with E-state index in [4.69, 9.17) is 5.73 Å². The first-order valence-corrected chi connectivity index (χ1v) is 8.61. The zero-order valence-electron chi connectivity index (χ0n) is 12.8. The van der Waals surface area contributed by atoms with Gasteiger partial charge in [0.2, 0.25) is 11.8 Å². The quantitative estimate of drug-likeness (QED) is 0.844. The Morgan fingerprint density at radius 3 is 2.48 bits per heavy atom. The van der Waals surface area contributed by atoms with Gasteiger partial charge in [-0.3, -0.25) is 9.59 Å². The van der Waals surface area contributed by atoms with Gasteiger partial charge in [0.15, 0.2) is 0 Å². The number of piperidine rings is 1. The number of carbonyl (C=O) groups is 2. The summed E-state index contributed by atoms with van der Waals surface area (Å²) >= 11 is 1.67. The minimum atomic E-state index is -0.251. The standard InChI is InChI=1S/C14H25N3O2S.ClH/c1-3-13(18)17-9-20-8-12(17)14(19)16-6-4-11(5-7-16)10(2)15;/h10-12H,3-9,15H2,1-2H3;1H. The van der Waals surface area contributed by atoms with E-state index in [1.54, 1.807) is 16.7 Å². The summed E-state index contributed by atoms with van der Waals surface area (Å²) in [5, 5.41) is 0. The SMILES string of the molecule is CCC(=O)N1CSCC1C(=O)N1CCC(C(C)N)CC1.Cl. The second-order valence-electron chi connectivity index (χ2n) is 5.75. The van der Waals surface area contributed by atoms with Gasteiger partial charge in [0.25, 0.3) is 0 Å². The molecule has 0 aromatic heterocycles. The molecule has 2 unspecified atom stereocenters. The monoisotopic (exact) mass is 335 g/mol. The van der Waals surface area contributed by atoms with Crippen molar-refractivity contribution in [1.29, 1.82) is 0 Å². The molecule has 2 aliphatic rings. The molecule has 0 saturated carbocycles. The molecule has 0 aromatic carbocycles. The Morgan fingerprint density at radius 1 is 1.33 bits per heavy atom. The van der Waals surface area contributed by atoms with E-state index in [2.05, 4.69) is 0 Å². The van der Waals surface area contributed by atoms with Gasteiger partial charge in [-0.25, -0.2) is 0 Å². The Hall–Kier alpha value is -0.460. The third-order valence-corrected chi connectivity index (χ3v) is 5.40. The van der Waals surface area contributed by atoms with Crippen molar-refractivity contribution in [2.45, 2.75) is 45.2 Å². The van der Waals surface area contributed by atoms with Crippen LogP contribution in [0.25, 0.3) is 0 Å². The van der Waals surface area contributed by atoms with Crippen LogP contribution >= 0.6 is 24.2 Å². The normalized spacial score (nSPS) is 24.6. The summed E-state index contributed by atoms with van der Waals surface area (Å²) in [7, 11) is 0. The van der Waals surface area contributed by atoms with E-state index in [-0.39, 0.29) is 36.3 Å². The molecule has 5 nitrogen and oxygen atoms in total. The summed E-state index contributed by atoms with van der Waals surface area (Å²) in [5.41, 5.74) is 5.93. The highest BCUT2D eigenvalue weighted by atomic mass is 35.5. The van der Waals surface area contributed by atoms with Crippen LogP contribution in [0.15, 0.2) is 0 Å². The van der Waals surface area contributed by atoms with E-state index < -0.39 is 0 Å². The molecule has 122 valence electrons. The minimum absolute atomic E-state index is 0. The van der Waals surface area contributed by atoms with Gasteiger partial charge in [0.05, 0.1) is 5.88 Å². The van der Waals surface area contributed by atoms with Gasteiger partial charge in [0, 0.05) is 31.3 Å². The number of nitrogens with zero attached hydrogens (tertiary/aromatic N) is 2. The van der Waals surface area contributed by atoms with Gasteiger partial charge in [-0.05, 0) is 25.7 Å². The van der Waals surface area contributed by atoms with Crippen molar-refractivity contribution < 1.29 is 9.59 Å². The number of halogens is 1. The first-order chi connectivity index (χ1) is 9.54. The van der Waals surface area contributed by atoms with E-state index in [0.717, 1.165) is 31.7 Å². The van der Waals surface area contributed by atoms with Gasteiger partial charge in [-0.1, -0.05) is 6.92 Å². The molecule has 0 bridgehead atoms. The lowest BCUT2D eigenvalue weighted by atomic mass is 9.90. The first-order valence-electron chi connectivity index (χ1n) is 7.46. The highest BCUT2D eigenvalue weighted by molar-refractivity contribution is 7.99. The van der Waals surface area contributed by atoms with Crippen molar-refractivity contribution in [3.05, 3.63) is 0 Å². The van der Waals surface area contributed by atoms with Crippen LogP contribution in [0.2, 0.25) is 0 Å². The Kier molecular flexibility index (Phi) is 7.30. The molecule has 21 heavy (non-hydrogen) atoms. The molecule has 2 saturated heterocycles. The Labute approximate surface area is 137 Å². The van der Waals surface area contributed by atoms with Crippen molar-refractivity contribution in [3.8, 4) is 0 Å². The molecule has 2 aliphatic heterocycles. The van der Waals surface area contributed by atoms with E-state index in [9.17, 15) is 9.59 Å². The van der Waals surface area contributed by atoms with Crippen molar-refractivity contribution in [3.63, 3.8) is 0 Å². The molecule has 2 amide bonds. The average Bonchev–Trinajstić information content (AvgIpc) is 2.95. The number of nitrogens with two attached hydrogens (primary N) is 1. The second-order valence-corrected chi connectivity index (χ2v) is 6.75. The number of likely N-dealkylation sites (tertiary alicyclic amines) is 1. The third kappa shape index (κ3) is 4.27. The lowest BCUT2D eigenvalue weighted by Crippen LogP contribution is -2.51. The van der Waals surface area contributed by atoms with Crippen LogP contribution in [0.5, 0.6) is 0 Å². The molecular formula is C14H26ClN3O2S. The average molecular weight is 336 g/mol. The summed E-state index contributed by atoms with van der Waals surface area (Å²) in [5.74, 6) is 2.11. The fourth-order valence-corrected chi connectivity index (χ4v) is 4.12. The van der Waals surface area contributed by atoms with Crippen LogP contribution in [-0.2, 0) is 9.59 Å². The van der Waals surface area contributed by atoms with Crippen molar-refractivity contribution in [1.82, 2.24) is 9.80 Å². The predicted octanol–water partition coefficient (Wildman–Crippen LogP) is 1.31. The lowest BCUT2D eigenvalue weighted by molar-refractivity contribution is -0.144. The summed E-state index contributed by atoms with van der Waals surface area (Å²) < 4.78 is 0. The highest BCUT2D eigenvalue weighted by Crippen LogP contribution is 2.26. The summed E-state index contributed by atoms with van der Waals surface area (Å²) in [6.45, 7) is 5.44. The zero-order chi connectivity index (χ0) is 14.7. The molecule has 0 spiro atoms. The first kappa shape index (κ1) is 18.6. The largest absolute Gasteiger partial charge is 0.341 e. The number of thioether (sulfide) groups is 1. The second kappa shape index (κ2) is 8.25. The summed E-state index contributed by atoms with van der Waals surface area (Å²) in [4.78, 5) is 28.1. The Bertz CT molecular complexity index is 373. The number of hydrogen-bond donors (Lipinski definition) is 1. The summed E-state index contributed by atoms with van der Waals surface area (Å²) in [6, 6.07) is -0.0493. The number of hydrogen-bond acceptors (Lipinski definition) is 4. The van der Waals surface area contributed by atoms with Gasteiger partial charge in [0.1, 0.15) is 6.04 Å². The van der Waals surface area contributed by atoms with Crippen molar-refractivity contribution >= 4 is 36.0 Å². The van der Waals surface area contributed by atoms with Crippen LogP contribution in [0.3, 0.4) is 0 Å². The molecule has 2 atom stereocenters. The molecule has 0 radical (unpaired) electrons. The van der Waals surface area contributed by atoms with E-state index in [1.165, 1.54) is 0 Å². The van der Waals surface area contributed by atoms with Crippen LogP contribution in [0, 0.1) is 5.92 Å². The highest BCUT2D eigenvalue weighted by Gasteiger charge is 2.37. The maximum atomic E-state index is 12.6. The fourth-order valence-electron chi connectivity index (χ4n) is 2.95. The molecule has 2 fully saturated rings. The predicted molar refractivity (Wildman–Crippen MR) is 88.5 cm³/mol. The molecule has 2 rings (SSSR count). The Morgan fingerprint density at radius 2 is 1.95 bits per heavy atom. The molecule has 2 heterocycles. The lowest BCUT2D eigenvalue weighted by Gasteiger charge is -2.36. The minimum Gasteiger partial charge on any atom is -0.341 e. The number of rotatable bonds is 3. The molecule has 0 aliphatic carbocycles. The van der Waals surface area contributed by atoms with E-state index >= 15 is 0 Å². The zero-order valence-corrected chi connectivity index (χ0v) is 14.4. The Balaban J connectivity index is 0.00000220.